The standard InChI is InChI=1S/C18H34N4.HI/c1-4-19-17(20-13-15(2)21(3)16-7-8-16)22-12-11-18(14-22)9-5-6-10-18;/h15-16H,4-14H2,1-3H3,(H,19,20);1H. The molecule has 1 unspecified atom stereocenters. The van der Waals surface area contributed by atoms with Gasteiger partial charge in [0.05, 0.1) is 6.54 Å². The molecule has 1 spiro atoms. The van der Waals surface area contributed by atoms with Gasteiger partial charge >= 0.3 is 0 Å². The average Bonchev–Trinajstić information content (AvgIpc) is 3.15. The van der Waals surface area contributed by atoms with Gasteiger partial charge in [0, 0.05) is 31.7 Å². The predicted octanol–water partition coefficient (Wildman–Crippen LogP) is 3.32. The molecule has 1 heterocycles. The molecule has 0 aromatic carbocycles. The van der Waals surface area contributed by atoms with Crippen molar-refractivity contribution in [2.75, 3.05) is 33.2 Å². The van der Waals surface area contributed by atoms with Crippen LogP contribution in [0.15, 0.2) is 4.99 Å². The topological polar surface area (TPSA) is 30.9 Å². The van der Waals surface area contributed by atoms with Crippen LogP contribution in [0.2, 0.25) is 0 Å². The van der Waals surface area contributed by atoms with E-state index in [0.717, 1.165) is 25.1 Å². The van der Waals surface area contributed by atoms with E-state index in [1.807, 2.05) is 0 Å². The summed E-state index contributed by atoms with van der Waals surface area (Å²) in [6.07, 6.45) is 9.86. The second-order valence-corrected chi connectivity index (χ2v) is 7.82. The van der Waals surface area contributed by atoms with E-state index in [9.17, 15) is 0 Å². The summed E-state index contributed by atoms with van der Waals surface area (Å²) in [5, 5.41) is 3.53. The molecular weight excluding hydrogens is 399 g/mol. The second-order valence-electron chi connectivity index (χ2n) is 7.82. The largest absolute Gasteiger partial charge is 0.357 e. The Morgan fingerprint density at radius 2 is 2.00 bits per heavy atom. The highest BCUT2D eigenvalue weighted by Gasteiger charge is 2.41. The number of nitrogens with one attached hydrogen (secondary N) is 1. The number of halogens is 1. The Hall–Kier alpha value is -0.0400. The average molecular weight is 434 g/mol. The van der Waals surface area contributed by atoms with E-state index in [1.165, 1.54) is 58.0 Å². The van der Waals surface area contributed by atoms with Gasteiger partial charge in [-0.05, 0) is 58.4 Å². The maximum Gasteiger partial charge on any atom is 0.193 e. The van der Waals surface area contributed by atoms with Gasteiger partial charge in [0.25, 0.3) is 0 Å². The molecule has 0 amide bonds. The Bertz CT molecular complexity index is 402. The predicted molar refractivity (Wildman–Crippen MR) is 109 cm³/mol. The van der Waals surface area contributed by atoms with Crippen molar-refractivity contribution in [2.45, 2.75) is 70.9 Å². The summed E-state index contributed by atoms with van der Waals surface area (Å²) in [5.74, 6) is 1.15. The summed E-state index contributed by atoms with van der Waals surface area (Å²) in [4.78, 5) is 10.0. The van der Waals surface area contributed by atoms with E-state index in [1.54, 1.807) is 0 Å². The summed E-state index contributed by atoms with van der Waals surface area (Å²) >= 11 is 0. The zero-order chi connectivity index (χ0) is 15.6. The molecule has 0 aromatic rings. The SMILES string of the molecule is CCNC(=NCC(C)N(C)C1CC1)N1CCC2(CCCC2)C1.I. The summed E-state index contributed by atoms with van der Waals surface area (Å²) in [7, 11) is 2.26. The zero-order valence-electron chi connectivity index (χ0n) is 15.2. The van der Waals surface area contributed by atoms with Crippen molar-refractivity contribution in [3.05, 3.63) is 0 Å². The van der Waals surface area contributed by atoms with Gasteiger partial charge in [0.15, 0.2) is 5.96 Å². The highest BCUT2D eigenvalue weighted by molar-refractivity contribution is 14.0. The Labute approximate surface area is 159 Å². The third-order valence-corrected chi connectivity index (χ3v) is 6.06. The molecule has 1 N–H and O–H groups in total. The van der Waals surface area contributed by atoms with Crippen LogP contribution in [0.3, 0.4) is 0 Å². The molecule has 2 aliphatic carbocycles. The van der Waals surface area contributed by atoms with Gasteiger partial charge in [-0.1, -0.05) is 12.8 Å². The fourth-order valence-corrected chi connectivity index (χ4v) is 4.26. The fraction of sp³-hybridized carbons (Fsp3) is 0.944. The first-order chi connectivity index (χ1) is 10.6. The molecule has 2 saturated carbocycles. The molecule has 5 heteroatoms. The summed E-state index contributed by atoms with van der Waals surface area (Å²) in [6.45, 7) is 8.79. The van der Waals surface area contributed by atoms with Crippen molar-refractivity contribution in [1.82, 2.24) is 15.1 Å². The van der Waals surface area contributed by atoms with E-state index >= 15 is 0 Å². The quantitative estimate of drug-likeness (QED) is 0.409. The van der Waals surface area contributed by atoms with Crippen LogP contribution in [0.4, 0.5) is 0 Å². The highest BCUT2D eigenvalue weighted by Crippen LogP contribution is 2.45. The molecule has 1 aliphatic heterocycles. The van der Waals surface area contributed by atoms with E-state index in [4.69, 9.17) is 4.99 Å². The van der Waals surface area contributed by atoms with Crippen LogP contribution < -0.4 is 5.32 Å². The number of aliphatic imine (C=N–C) groups is 1. The lowest BCUT2D eigenvalue weighted by Crippen LogP contribution is -2.42. The smallest absolute Gasteiger partial charge is 0.193 e. The van der Waals surface area contributed by atoms with Crippen LogP contribution in [-0.2, 0) is 0 Å². The molecule has 1 atom stereocenters. The second kappa shape index (κ2) is 8.37. The van der Waals surface area contributed by atoms with E-state index in [-0.39, 0.29) is 24.0 Å². The van der Waals surface area contributed by atoms with E-state index < -0.39 is 0 Å². The molecule has 23 heavy (non-hydrogen) atoms. The van der Waals surface area contributed by atoms with Gasteiger partial charge in [-0.15, -0.1) is 24.0 Å². The highest BCUT2D eigenvalue weighted by atomic mass is 127. The van der Waals surface area contributed by atoms with Crippen LogP contribution in [0.1, 0.15) is 58.8 Å². The molecular formula is C18H35IN4. The Morgan fingerprint density at radius 3 is 2.61 bits per heavy atom. The molecule has 0 radical (unpaired) electrons. The number of guanidine groups is 1. The number of hydrogen-bond acceptors (Lipinski definition) is 2. The number of likely N-dealkylation sites (tertiary alicyclic amines) is 1. The molecule has 3 fully saturated rings. The number of likely N-dealkylation sites (N-methyl/N-ethyl adjacent to an activating group) is 1. The number of hydrogen-bond donors (Lipinski definition) is 1. The normalized spacial score (nSPS) is 25.0. The maximum absolute atomic E-state index is 4.97. The Morgan fingerprint density at radius 1 is 1.30 bits per heavy atom. The van der Waals surface area contributed by atoms with Crippen LogP contribution in [0.5, 0.6) is 0 Å². The maximum atomic E-state index is 4.97. The van der Waals surface area contributed by atoms with Gasteiger partial charge < -0.3 is 10.2 Å². The molecule has 1 saturated heterocycles. The Kier molecular flexibility index (Phi) is 7.01. The molecule has 0 aromatic heterocycles. The van der Waals surface area contributed by atoms with Crippen molar-refractivity contribution < 1.29 is 0 Å². The third kappa shape index (κ3) is 4.74. The summed E-state index contributed by atoms with van der Waals surface area (Å²) < 4.78 is 0. The first-order valence-corrected chi connectivity index (χ1v) is 9.39. The van der Waals surface area contributed by atoms with Gasteiger partial charge in [-0.2, -0.15) is 0 Å². The number of nitrogens with zero attached hydrogens (tertiary/aromatic N) is 3. The van der Waals surface area contributed by atoms with Crippen LogP contribution in [-0.4, -0.2) is 61.1 Å². The van der Waals surface area contributed by atoms with Gasteiger partial charge in [-0.3, -0.25) is 9.89 Å². The molecule has 0 bridgehead atoms. The summed E-state index contributed by atoms with van der Waals surface area (Å²) in [6, 6.07) is 1.37. The van der Waals surface area contributed by atoms with Crippen LogP contribution in [0.25, 0.3) is 0 Å². The van der Waals surface area contributed by atoms with Crippen molar-refractivity contribution in [2.24, 2.45) is 10.4 Å². The minimum absolute atomic E-state index is 0. The molecule has 134 valence electrons. The van der Waals surface area contributed by atoms with Crippen molar-refractivity contribution in [3.63, 3.8) is 0 Å². The fourth-order valence-electron chi connectivity index (χ4n) is 4.26. The van der Waals surface area contributed by atoms with E-state index in [0.29, 0.717) is 11.5 Å². The molecule has 4 nitrogen and oxygen atoms in total. The summed E-state index contributed by atoms with van der Waals surface area (Å²) in [5.41, 5.74) is 0.618. The van der Waals surface area contributed by atoms with Gasteiger partial charge in [0.1, 0.15) is 0 Å². The van der Waals surface area contributed by atoms with Crippen molar-refractivity contribution in [1.29, 1.82) is 0 Å². The first kappa shape index (κ1) is 19.3. The zero-order valence-corrected chi connectivity index (χ0v) is 17.5. The third-order valence-electron chi connectivity index (χ3n) is 6.06. The van der Waals surface area contributed by atoms with E-state index in [2.05, 4.69) is 36.0 Å². The minimum Gasteiger partial charge on any atom is -0.357 e. The Balaban J connectivity index is 0.00000192. The molecule has 3 rings (SSSR count). The van der Waals surface area contributed by atoms with Gasteiger partial charge in [-0.25, -0.2) is 0 Å². The van der Waals surface area contributed by atoms with Crippen molar-refractivity contribution in [3.8, 4) is 0 Å². The van der Waals surface area contributed by atoms with Crippen molar-refractivity contribution >= 4 is 29.9 Å². The minimum atomic E-state index is 0. The first-order valence-electron chi connectivity index (χ1n) is 9.39. The molecule has 3 aliphatic rings. The van der Waals surface area contributed by atoms with Gasteiger partial charge in [0.2, 0.25) is 0 Å². The van der Waals surface area contributed by atoms with Crippen LogP contribution >= 0.6 is 24.0 Å². The van der Waals surface area contributed by atoms with Crippen LogP contribution in [0, 0.1) is 5.41 Å². The lowest BCUT2D eigenvalue weighted by atomic mass is 9.86. The lowest BCUT2D eigenvalue weighted by molar-refractivity contribution is 0.252. The number of rotatable bonds is 5. The lowest BCUT2D eigenvalue weighted by Gasteiger charge is -2.27. The monoisotopic (exact) mass is 434 g/mol.